The van der Waals surface area contributed by atoms with Gasteiger partial charge in [-0.1, -0.05) is 49.6 Å². The lowest BCUT2D eigenvalue weighted by molar-refractivity contribution is -0.132. The van der Waals surface area contributed by atoms with Crippen LogP contribution in [-0.2, 0) is 24.3 Å². The van der Waals surface area contributed by atoms with E-state index in [1.54, 1.807) is 12.1 Å². The average Bonchev–Trinajstić information content (AvgIpc) is 3.33. The quantitative estimate of drug-likeness (QED) is 0.196. The van der Waals surface area contributed by atoms with Crippen LogP contribution >= 0.6 is 0 Å². The highest BCUT2D eigenvalue weighted by molar-refractivity contribution is 5.78. The van der Waals surface area contributed by atoms with E-state index < -0.39 is 0 Å². The Balaban J connectivity index is 1.26. The van der Waals surface area contributed by atoms with Crippen molar-refractivity contribution in [3.8, 4) is 11.3 Å². The van der Waals surface area contributed by atoms with E-state index in [1.807, 2.05) is 17.0 Å². The number of unbranched alkanes of at least 4 members (excludes halogenated alkanes) is 2. The topological polar surface area (TPSA) is 62.2 Å². The van der Waals surface area contributed by atoms with Crippen molar-refractivity contribution in [2.45, 2.75) is 59.0 Å². The van der Waals surface area contributed by atoms with E-state index in [2.05, 4.69) is 65.4 Å². The van der Waals surface area contributed by atoms with Crippen LogP contribution in [0.5, 0.6) is 0 Å². The SMILES string of the molecule is CCCCCNc1ccc(CCC(=O)N2CCn3c(nc(-c4ccc(F)cc4)c3Nc3ccc(C)cc3)C2)cc1. The van der Waals surface area contributed by atoms with Crippen molar-refractivity contribution < 1.29 is 9.18 Å². The highest BCUT2D eigenvalue weighted by atomic mass is 19.1. The Morgan fingerprint density at radius 3 is 2.38 bits per heavy atom. The van der Waals surface area contributed by atoms with E-state index in [-0.39, 0.29) is 11.7 Å². The maximum atomic E-state index is 13.7. The first kappa shape index (κ1) is 27.4. The number of fused-ring (bicyclic) bond motifs is 1. The Morgan fingerprint density at radius 1 is 0.925 bits per heavy atom. The summed E-state index contributed by atoms with van der Waals surface area (Å²) in [6.45, 7) is 6.96. The number of amides is 1. The summed E-state index contributed by atoms with van der Waals surface area (Å²) >= 11 is 0. The molecule has 2 N–H and O–H groups in total. The van der Waals surface area contributed by atoms with Crippen LogP contribution in [0.25, 0.3) is 11.3 Å². The third-order valence-electron chi connectivity index (χ3n) is 7.45. The van der Waals surface area contributed by atoms with Crippen molar-refractivity contribution >= 4 is 23.1 Å². The molecule has 1 aromatic heterocycles. The lowest BCUT2D eigenvalue weighted by atomic mass is 10.1. The standard InChI is InChI=1S/C33H38FN5O/c1-3-4-5-20-35-28-17-8-25(9-18-28)10-19-31(40)38-21-22-39-30(23-38)37-32(26-11-13-27(34)14-12-26)33(39)36-29-15-6-24(2)7-16-29/h6-9,11-18,35-36H,3-5,10,19-23H2,1-2H3. The largest absolute Gasteiger partial charge is 0.385 e. The molecule has 0 unspecified atom stereocenters. The lowest BCUT2D eigenvalue weighted by Gasteiger charge is -2.28. The number of halogens is 1. The molecule has 4 aromatic rings. The van der Waals surface area contributed by atoms with Gasteiger partial charge in [0.05, 0.1) is 6.54 Å². The van der Waals surface area contributed by atoms with E-state index in [9.17, 15) is 9.18 Å². The van der Waals surface area contributed by atoms with Gasteiger partial charge in [0.25, 0.3) is 0 Å². The van der Waals surface area contributed by atoms with Gasteiger partial charge in [0, 0.05) is 43.0 Å². The van der Waals surface area contributed by atoms with Crippen LogP contribution in [0.4, 0.5) is 21.6 Å². The molecular formula is C33H38FN5O. The van der Waals surface area contributed by atoms with Crippen molar-refractivity contribution in [3.05, 3.63) is 95.6 Å². The second-order valence-corrected chi connectivity index (χ2v) is 10.5. The van der Waals surface area contributed by atoms with E-state index in [0.717, 1.165) is 46.4 Å². The molecule has 1 amide bonds. The van der Waals surface area contributed by atoms with Crippen molar-refractivity contribution in [3.63, 3.8) is 0 Å². The van der Waals surface area contributed by atoms with E-state index in [0.29, 0.717) is 32.5 Å². The summed E-state index contributed by atoms with van der Waals surface area (Å²) in [4.78, 5) is 20.0. The van der Waals surface area contributed by atoms with E-state index in [1.165, 1.54) is 37.0 Å². The predicted octanol–water partition coefficient (Wildman–Crippen LogP) is 7.32. The number of hydrogen-bond donors (Lipinski definition) is 2. The smallest absolute Gasteiger partial charge is 0.223 e. The summed E-state index contributed by atoms with van der Waals surface area (Å²) in [5.41, 5.74) is 6.02. The number of carbonyl (C=O) groups excluding carboxylic acids is 1. The molecule has 1 aliphatic heterocycles. The molecule has 0 saturated carbocycles. The van der Waals surface area contributed by atoms with Gasteiger partial charge in [-0.2, -0.15) is 0 Å². The lowest BCUT2D eigenvalue weighted by Crippen LogP contribution is -2.38. The third kappa shape index (κ3) is 6.71. The molecule has 6 nitrogen and oxygen atoms in total. The van der Waals surface area contributed by atoms with Crippen LogP contribution in [0.2, 0.25) is 0 Å². The van der Waals surface area contributed by atoms with E-state index in [4.69, 9.17) is 4.98 Å². The molecule has 208 valence electrons. The zero-order chi connectivity index (χ0) is 27.9. The minimum Gasteiger partial charge on any atom is -0.385 e. The zero-order valence-corrected chi connectivity index (χ0v) is 23.4. The molecule has 2 heterocycles. The molecule has 0 saturated heterocycles. The molecule has 1 aliphatic rings. The van der Waals surface area contributed by atoms with Crippen molar-refractivity contribution in [2.75, 3.05) is 23.7 Å². The molecule has 40 heavy (non-hydrogen) atoms. The fourth-order valence-electron chi connectivity index (χ4n) is 5.06. The number of nitrogens with zero attached hydrogens (tertiary/aromatic N) is 3. The average molecular weight is 540 g/mol. The van der Waals surface area contributed by atoms with Crippen LogP contribution in [0.15, 0.2) is 72.8 Å². The summed E-state index contributed by atoms with van der Waals surface area (Å²) in [6, 6.07) is 23.0. The maximum Gasteiger partial charge on any atom is 0.223 e. The summed E-state index contributed by atoms with van der Waals surface area (Å²) in [5.74, 6) is 1.54. The zero-order valence-electron chi connectivity index (χ0n) is 23.4. The van der Waals surface area contributed by atoms with Crippen LogP contribution < -0.4 is 10.6 Å². The van der Waals surface area contributed by atoms with Gasteiger partial charge in [0.1, 0.15) is 23.2 Å². The van der Waals surface area contributed by atoms with Gasteiger partial charge in [-0.3, -0.25) is 4.79 Å². The first-order valence-corrected chi connectivity index (χ1v) is 14.3. The molecular weight excluding hydrogens is 501 g/mol. The fourth-order valence-corrected chi connectivity index (χ4v) is 5.06. The first-order chi connectivity index (χ1) is 19.5. The first-order valence-electron chi connectivity index (χ1n) is 14.3. The van der Waals surface area contributed by atoms with E-state index >= 15 is 0 Å². The third-order valence-corrected chi connectivity index (χ3v) is 7.45. The number of rotatable bonds is 11. The summed E-state index contributed by atoms with van der Waals surface area (Å²) in [7, 11) is 0. The summed E-state index contributed by atoms with van der Waals surface area (Å²) in [5, 5.41) is 7.00. The van der Waals surface area contributed by atoms with Gasteiger partial charge in [-0.15, -0.1) is 0 Å². The Hall–Kier alpha value is -4.13. The van der Waals surface area contributed by atoms with Crippen LogP contribution in [0, 0.1) is 12.7 Å². The Kier molecular flexibility index (Phi) is 8.79. The number of aryl methyl sites for hydroxylation is 2. The Morgan fingerprint density at radius 2 is 1.65 bits per heavy atom. The Labute approximate surface area is 236 Å². The van der Waals surface area contributed by atoms with Crippen molar-refractivity contribution in [1.29, 1.82) is 0 Å². The van der Waals surface area contributed by atoms with Gasteiger partial charge in [0.2, 0.25) is 5.91 Å². The highest BCUT2D eigenvalue weighted by Crippen LogP contribution is 2.33. The number of anilines is 3. The predicted molar refractivity (Wildman–Crippen MR) is 160 cm³/mol. The maximum absolute atomic E-state index is 13.7. The van der Waals surface area contributed by atoms with Crippen molar-refractivity contribution in [1.82, 2.24) is 14.5 Å². The molecule has 0 aliphatic carbocycles. The van der Waals surface area contributed by atoms with Gasteiger partial charge in [-0.25, -0.2) is 9.37 Å². The normalized spacial score (nSPS) is 12.7. The molecule has 0 radical (unpaired) electrons. The molecule has 0 fully saturated rings. The number of benzene rings is 3. The van der Waals surface area contributed by atoms with Crippen LogP contribution in [-0.4, -0.2) is 33.4 Å². The van der Waals surface area contributed by atoms with Crippen LogP contribution in [0.3, 0.4) is 0 Å². The van der Waals surface area contributed by atoms with Gasteiger partial charge >= 0.3 is 0 Å². The minimum absolute atomic E-state index is 0.132. The second kappa shape index (κ2) is 12.8. The van der Waals surface area contributed by atoms with Gasteiger partial charge in [0.15, 0.2) is 0 Å². The number of hydrogen-bond acceptors (Lipinski definition) is 4. The van der Waals surface area contributed by atoms with Gasteiger partial charge < -0.3 is 20.1 Å². The number of aromatic nitrogens is 2. The molecule has 7 heteroatoms. The number of nitrogens with one attached hydrogen (secondary N) is 2. The summed E-state index contributed by atoms with van der Waals surface area (Å²) < 4.78 is 15.8. The van der Waals surface area contributed by atoms with Crippen molar-refractivity contribution in [2.24, 2.45) is 0 Å². The number of imidazole rings is 1. The fraction of sp³-hybridized carbons (Fsp3) is 0.333. The summed E-state index contributed by atoms with van der Waals surface area (Å²) in [6.07, 6.45) is 4.80. The molecule has 3 aromatic carbocycles. The monoisotopic (exact) mass is 539 g/mol. The molecule has 0 atom stereocenters. The van der Waals surface area contributed by atoms with Gasteiger partial charge in [-0.05, 0) is 73.9 Å². The Bertz CT molecular complexity index is 1410. The minimum atomic E-state index is -0.282. The molecule has 0 bridgehead atoms. The van der Waals surface area contributed by atoms with Crippen LogP contribution in [0.1, 0.15) is 49.6 Å². The molecule has 0 spiro atoms. The number of carbonyl (C=O) groups is 1. The molecule has 5 rings (SSSR count). The highest BCUT2D eigenvalue weighted by Gasteiger charge is 2.27. The second-order valence-electron chi connectivity index (χ2n) is 10.5.